The van der Waals surface area contributed by atoms with Gasteiger partial charge in [0.05, 0.1) is 0 Å². The van der Waals surface area contributed by atoms with Gasteiger partial charge in [-0.15, -0.1) is 0 Å². The standard InChI is InChI=1S/C15H23N/c1-16-15-11-10-13-8-6-4-2-3-5-7-9-14(13)12-15/h10-12,16H,2-9H2,1H3. The maximum absolute atomic E-state index is 3.24. The average molecular weight is 217 g/mol. The Morgan fingerprint density at radius 1 is 0.812 bits per heavy atom. The first-order valence-electron chi connectivity index (χ1n) is 6.70. The van der Waals surface area contributed by atoms with E-state index in [0.717, 1.165) is 0 Å². The van der Waals surface area contributed by atoms with Crippen molar-refractivity contribution in [1.29, 1.82) is 0 Å². The maximum atomic E-state index is 3.24. The lowest BCUT2D eigenvalue weighted by molar-refractivity contribution is 0.581. The van der Waals surface area contributed by atoms with Crippen LogP contribution in [0, 0.1) is 0 Å². The van der Waals surface area contributed by atoms with E-state index in [9.17, 15) is 0 Å². The highest BCUT2D eigenvalue weighted by Crippen LogP contribution is 2.22. The lowest BCUT2D eigenvalue weighted by Crippen LogP contribution is -1.99. The summed E-state index contributed by atoms with van der Waals surface area (Å²) >= 11 is 0. The van der Waals surface area contributed by atoms with Gasteiger partial charge in [-0.2, -0.15) is 0 Å². The van der Waals surface area contributed by atoms with E-state index in [-0.39, 0.29) is 0 Å². The summed E-state index contributed by atoms with van der Waals surface area (Å²) in [6.07, 6.45) is 11.0. The molecule has 1 aliphatic rings. The summed E-state index contributed by atoms with van der Waals surface area (Å²) < 4.78 is 0. The van der Waals surface area contributed by atoms with Crippen molar-refractivity contribution in [2.45, 2.75) is 51.4 Å². The van der Waals surface area contributed by atoms with E-state index < -0.39 is 0 Å². The van der Waals surface area contributed by atoms with Gasteiger partial charge < -0.3 is 5.32 Å². The molecule has 0 fully saturated rings. The number of rotatable bonds is 1. The highest BCUT2D eigenvalue weighted by molar-refractivity contribution is 5.48. The molecule has 2 rings (SSSR count). The normalized spacial score (nSPS) is 17.6. The first-order chi connectivity index (χ1) is 7.90. The highest BCUT2D eigenvalue weighted by Gasteiger charge is 2.05. The summed E-state index contributed by atoms with van der Waals surface area (Å²) in [6, 6.07) is 6.88. The van der Waals surface area contributed by atoms with Crippen molar-refractivity contribution in [1.82, 2.24) is 0 Å². The Morgan fingerprint density at radius 2 is 1.44 bits per heavy atom. The Hall–Kier alpha value is -0.980. The number of nitrogens with one attached hydrogen (secondary N) is 1. The molecule has 0 saturated heterocycles. The fraction of sp³-hybridized carbons (Fsp3) is 0.600. The smallest absolute Gasteiger partial charge is 0.0340 e. The largest absolute Gasteiger partial charge is 0.388 e. The number of benzene rings is 1. The van der Waals surface area contributed by atoms with Crippen LogP contribution < -0.4 is 5.32 Å². The van der Waals surface area contributed by atoms with Crippen molar-refractivity contribution >= 4 is 5.69 Å². The monoisotopic (exact) mass is 217 g/mol. The van der Waals surface area contributed by atoms with Crippen molar-refractivity contribution in [2.75, 3.05) is 12.4 Å². The van der Waals surface area contributed by atoms with Crippen molar-refractivity contribution in [2.24, 2.45) is 0 Å². The minimum Gasteiger partial charge on any atom is -0.388 e. The van der Waals surface area contributed by atoms with Crippen LogP contribution >= 0.6 is 0 Å². The van der Waals surface area contributed by atoms with Crippen LogP contribution in [0.4, 0.5) is 5.69 Å². The van der Waals surface area contributed by atoms with Gasteiger partial charge in [-0.05, 0) is 48.9 Å². The second kappa shape index (κ2) is 5.93. The molecule has 0 heterocycles. The molecule has 1 nitrogen and oxygen atoms in total. The summed E-state index contributed by atoms with van der Waals surface area (Å²) in [5, 5.41) is 3.24. The lowest BCUT2D eigenvalue weighted by Gasteiger charge is -2.14. The molecule has 0 radical (unpaired) electrons. The third-order valence-electron chi connectivity index (χ3n) is 3.64. The molecule has 16 heavy (non-hydrogen) atoms. The van der Waals surface area contributed by atoms with Gasteiger partial charge in [-0.3, -0.25) is 0 Å². The minimum absolute atomic E-state index is 1.26. The molecule has 1 aromatic carbocycles. The third-order valence-corrected chi connectivity index (χ3v) is 3.64. The maximum Gasteiger partial charge on any atom is 0.0340 e. The Bertz CT molecular complexity index is 330. The molecule has 0 amide bonds. The molecule has 1 heteroatoms. The van der Waals surface area contributed by atoms with Gasteiger partial charge in [0.2, 0.25) is 0 Å². The van der Waals surface area contributed by atoms with Gasteiger partial charge in [0.15, 0.2) is 0 Å². The van der Waals surface area contributed by atoms with Gasteiger partial charge in [-0.1, -0.05) is 31.7 Å². The van der Waals surface area contributed by atoms with Crippen LogP contribution in [-0.2, 0) is 12.8 Å². The molecule has 0 bridgehead atoms. The zero-order valence-electron chi connectivity index (χ0n) is 10.4. The number of hydrogen-bond donors (Lipinski definition) is 1. The van der Waals surface area contributed by atoms with Crippen LogP contribution in [0.5, 0.6) is 0 Å². The lowest BCUT2D eigenvalue weighted by atomic mass is 9.94. The van der Waals surface area contributed by atoms with E-state index in [4.69, 9.17) is 0 Å². The van der Waals surface area contributed by atoms with E-state index in [1.165, 1.54) is 57.1 Å². The van der Waals surface area contributed by atoms with Gasteiger partial charge >= 0.3 is 0 Å². The number of anilines is 1. The van der Waals surface area contributed by atoms with Gasteiger partial charge in [-0.25, -0.2) is 0 Å². The van der Waals surface area contributed by atoms with Crippen LogP contribution in [0.2, 0.25) is 0 Å². The molecular formula is C15H23N. The molecule has 0 atom stereocenters. The zero-order valence-corrected chi connectivity index (χ0v) is 10.4. The first-order valence-corrected chi connectivity index (χ1v) is 6.70. The average Bonchev–Trinajstić information content (AvgIpc) is 2.34. The Labute approximate surface area is 99.3 Å². The number of fused-ring (bicyclic) bond motifs is 1. The topological polar surface area (TPSA) is 12.0 Å². The van der Waals surface area contributed by atoms with Gasteiger partial charge in [0.25, 0.3) is 0 Å². The number of hydrogen-bond acceptors (Lipinski definition) is 1. The Morgan fingerprint density at radius 3 is 2.12 bits per heavy atom. The predicted molar refractivity (Wildman–Crippen MR) is 71.1 cm³/mol. The third kappa shape index (κ3) is 3.01. The molecule has 1 N–H and O–H groups in total. The molecule has 0 saturated carbocycles. The quantitative estimate of drug-likeness (QED) is 0.744. The van der Waals surface area contributed by atoms with Crippen LogP contribution in [-0.4, -0.2) is 7.05 Å². The van der Waals surface area contributed by atoms with Crippen LogP contribution in [0.25, 0.3) is 0 Å². The van der Waals surface area contributed by atoms with E-state index >= 15 is 0 Å². The van der Waals surface area contributed by atoms with E-state index in [1.807, 2.05) is 7.05 Å². The second-order valence-electron chi connectivity index (χ2n) is 4.85. The van der Waals surface area contributed by atoms with Gasteiger partial charge in [0, 0.05) is 12.7 Å². The van der Waals surface area contributed by atoms with E-state index in [2.05, 4.69) is 23.5 Å². The van der Waals surface area contributed by atoms with E-state index in [0.29, 0.717) is 0 Å². The minimum atomic E-state index is 1.26. The van der Waals surface area contributed by atoms with Crippen molar-refractivity contribution < 1.29 is 0 Å². The summed E-state index contributed by atoms with van der Waals surface area (Å²) in [6.45, 7) is 0. The molecule has 0 spiro atoms. The Balaban J connectivity index is 2.16. The molecule has 1 aliphatic carbocycles. The highest BCUT2D eigenvalue weighted by atomic mass is 14.8. The second-order valence-corrected chi connectivity index (χ2v) is 4.85. The zero-order chi connectivity index (χ0) is 11.2. The van der Waals surface area contributed by atoms with Crippen molar-refractivity contribution in [3.8, 4) is 0 Å². The SMILES string of the molecule is CNc1ccc2c(c1)CCCCCCCC2. The molecule has 0 unspecified atom stereocenters. The first kappa shape index (κ1) is 11.5. The summed E-state index contributed by atoms with van der Waals surface area (Å²) in [5.74, 6) is 0. The van der Waals surface area contributed by atoms with E-state index in [1.54, 1.807) is 11.1 Å². The number of aryl methyl sites for hydroxylation is 2. The summed E-state index contributed by atoms with van der Waals surface area (Å²) in [5.41, 5.74) is 4.42. The van der Waals surface area contributed by atoms with Crippen LogP contribution in [0.1, 0.15) is 49.7 Å². The van der Waals surface area contributed by atoms with Crippen LogP contribution in [0.3, 0.4) is 0 Å². The fourth-order valence-electron chi connectivity index (χ4n) is 2.60. The predicted octanol–water partition coefficient (Wildman–Crippen LogP) is 4.17. The van der Waals surface area contributed by atoms with Crippen LogP contribution in [0.15, 0.2) is 18.2 Å². The van der Waals surface area contributed by atoms with Crippen molar-refractivity contribution in [3.05, 3.63) is 29.3 Å². The molecule has 0 aliphatic heterocycles. The Kier molecular flexibility index (Phi) is 4.26. The van der Waals surface area contributed by atoms with Crippen molar-refractivity contribution in [3.63, 3.8) is 0 Å². The molecular weight excluding hydrogens is 194 g/mol. The molecule has 0 aromatic heterocycles. The summed E-state index contributed by atoms with van der Waals surface area (Å²) in [7, 11) is 2.00. The summed E-state index contributed by atoms with van der Waals surface area (Å²) in [4.78, 5) is 0. The van der Waals surface area contributed by atoms with Gasteiger partial charge in [0.1, 0.15) is 0 Å². The molecule has 88 valence electrons. The fourth-order valence-corrected chi connectivity index (χ4v) is 2.60. The molecule has 1 aromatic rings.